The van der Waals surface area contributed by atoms with Gasteiger partial charge in [-0.05, 0) is 31.2 Å². The minimum Gasteiger partial charge on any atom is -0.497 e. The quantitative estimate of drug-likeness (QED) is 0.680. The van der Waals surface area contributed by atoms with Crippen molar-refractivity contribution >= 4 is 17.5 Å². The third kappa shape index (κ3) is 4.56. The van der Waals surface area contributed by atoms with Crippen molar-refractivity contribution in [3.05, 3.63) is 66.4 Å². The normalized spacial score (nSPS) is 10.4. The van der Waals surface area contributed by atoms with Crippen LogP contribution in [0.1, 0.15) is 17.4 Å². The van der Waals surface area contributed by atoms with Gasteiger partial charge >= 0.3 is 0 Å². The molecule has 3 aromatic rings. The number of ether oxygens (including phenoxy) is 1. The molecule has 0 aliphatic carbocycles. The summed E-state index contributed by atoms with van der Waals surface area (Å²) >= 11 is 0. The Labute approximate surface area is 162 Å². The van der Waals surface area contributed by atoms with E-state index in [0.717, 1.165) is 5.56 Å². The topological polar surface area (TPSA) is 84.7 Å². The monoisotopic (exact) mass is 379 g/mol. The Kier molecular flexibility index (Phi) is 6.06. The maximum absolute atomic E-state index is 12.7. The van der Waals surface area contributed by atoms with Crippen LogP contribution in [0.2, 0.25) is 0 Å². The fourth-order valence-corrected chi connectivity index (χ4v) is 2.65. The number of carbonyl (C=O) groups excluding carboxylic acids is 2. The van der Waals surface area contributed by atoms with Crippen molar-refractivity contribution in [2.75, 3.05) is 25.5 Å². The van der Waals surface area contributed by atoms with Crippen LogP contribution in [0.4, 0.5) is 5.69 Å². The summed E-state index contributed by atoms with van der Waals surface area (Å²) in [6.07, 6.45) is 0. The lowest BCUT2D eigenvalue weighted by atomic mass is 10.1. The Morgan fingerprint density at radius 1 is 1.11 bits per heavy atom. The number of carbonyl (C=O) groups is 2. The van der Waals surface area contributed by atoms with Gasteiger partial charge < -0.3 is 19.5 Å². The maximum atomic E-state index is 12.7. The van der Waals surface area contributed by atoms with Crippen LogP contribution < -0.4 is 10.1 Å². The highest BCUT2D eigenvalue weighted by Crippen LogP contribution is 2.20. The predicted octanol–water partition coefficient (Wildman–Crippen LogP) is 3.45. The largest absolute Gasteiger partial charge is 0.497 e. The maximum Gasteiger partial charge on any atom is 0.276 e. The number of amides is 2. The molecule has 2 amide bonds. The van der Waals surface area contributed by atoms with E-state index in [-0.39, 0.29) is 24.1 Å². The van der Waals surface area contributed by atoms with E-state index in [4.69, 9.17) is 9.26 Å². The van der Waals surface area contributed by atoms with Crippen molar-refractivity contribution in [3.63, 3.8) is 0 Å². The number of rotatable bonds is 7. The van der Waals surface area contributed by atoms with Gasteiger partial charge in [-0.1, -0.05) is 35.5 Å². The summed E-state index contributed by atoms with van der Waals surface area (Å²) in [5.41, 5.74) is 1.62. The molecule has 1 aromatic heterocycles. The second-order valence-electron chi connectivity index (χ2n) is 6.04. The summed E-state index contributed by atoms with van der Waals surface area (Å²) in [5.74, 6) is 0.539. The molecule has 0 aliphatic rings. The zero-order valence-corrected chi connectivity index (χ0v) is 15.7. The van der Waals surface area contributed by atoms with Crippen molar-refractivity contribution in [1.82, 2.24) is 10.1 Å². The number of nitrogens with one attached hydrogen (secondary N) is 1. The van der Waals surface area contributed by atoms with Crippen molar-refractivity contribution in [3.8, 4) is 17.1 Å². The Bertz CT molecular complexity index is 936. The van der Waals surface area contributed by atoms with Gasteiger partial charge in [-0.15, -0.1) is 0 Å². The third-order valence-corrected chi connectivity index (χ3v) is 4.16. The number of likely N-dealkylation sites (N-methyl/N-ethyl adjacent to an activating group) is 1. The molecular weight excluding hydrogens is 358 g/mol. The van der Waals surface area contributed by atoms with Gasteiger partial charge in [0, 0.05) is 23.9 Å². The van der Waals surface area contributed by atoms with Crippen LogP contribution in [0.5, 0.6) is 5.75 Å². The lowest BCUT2D eigenvalue weighted by molar-refractivity contribution is -0.116. The molecular formula is C21H21N3O4. The van der Waals surface area contributed by atoms with Gasteiger partial charge in [0.05, 0.1) is 7.11 Å². The summed E-state index contributed by atoms with van der Waals surface area (Å²) < 4.78 is 10.4. The van der Waals surface area contributed by atoms with E-state index in [9.17, 15) is 9.59 Å². The molecule has 3 rings (SSSR count). The molecule has 1 N–H and O–H groups in total. The molecule has 1 heterocycles. The van der Waals surface area contributed by atoms with Gasteiger partial charge in [0.2, 0.25) is 5.91 Å². The molecule has 7 heteroatoms. The summed E-state index contributed by atoms with van der Waals surface area (Å²) in [6, 6.07) is 17.9. The van der Waals surface area contributed by atoms with Crippen molar-refractivity contribution in [1.29, 1.82) is 0 Å². The zero-order valence-electron chi connectivity index (χ0n) is 15.7. The van der Waals surface area contributed by atoms with Crippen LogP contribution >= 0.6 is 0 Å². The van der Waals surface area contributed by atoms with Crippen LogP contribution in [0.3, 0.4) is 0 Å². The van der Waals surface area contributed by atoms with Crippen LogP contribution in [-0.4, -0.2) is 42.1 Å². The standard InChI is InChI=1S/C21H21N3O4/c1-3-24(14-20(25)22-16-9-11-17(27-2)12-10-16)21(26)18-13-19(28-23-18)15-7-5-4-6-8-15/h4-13H,3,14H2,1-2H3,(H,22,25). The van der Waals surface area contributed by atoms with Crippen molar-refractivity contribution < 1.29 is 18.8 Å². The Balaban J connectivity index is 1.64. The van der Waals surface area contributed by atoms with Crippen molar-refractivity contribution in [2.45, 2.75) is 6.92 Å². The fourth-order valence-electron chi connectivity index (χ4n) is 2.65. The van der Waals surface area contributed by atoms with Gasteiger partial charge in [0.15, 0.2) is 11.5 Å². The number of hydrogen-bond donors (Lipinski definition) is 1. The van der Waals surface area contributed by atoms with Gasteiger partial charge in [-0.2, -0.15) is 0 Å². The van der Waals surface area contributed by atoms with E-state index < -0.39 is 0 Å². The molecule has 0 unspecified atom stereocenters. The number of nitrogens with zero attached hydrogens (tertiary/aromatic N) is 2. The molecule has 0 atom stereocenters. The van der Waals surface area contributed by atoms with E-state index in [0.29, 0.717) is 23.7 Å². The lowest BCUT2D eigenvalue weighted by Crippen LogP contribution is -2.38. The minimum atomic E-state index is -0.363. The summed E-state index contributed by atoms with van der Waals surface area (Å²) in [5, 5.41) is 6.62. The van der Waals surface area contributed by atoms with E-state index in [1.807, 2.05) is 30.3 Å². The average Bonchev–Trinajstić information content (AvgIpc) is 3.23. The molecule has 0 fully saturated rings. The molecule has 0 saturated heterocycles. The molecule has 0 spiro atoms. The first kappa shape index (κ1) is 19.2. The second kappa shape index (κ2) is 8.85. The molecule has 2 aromatic carbocycles. The number of aromatic nitrogens is 1. The van der Waals surface area contributed by atoms with Gasteiger partial charge in [-0.3, -0.25) is 9.59 Å². The SMILES string of the molecule is CCN(CC(=O)Nc1ccc(OC)cc1)C(=O)c1cc(-c2ccccc2)on1. The minimum absolute atomic E-state index is 0.0884. The first-order chi connectivity index (χ1) is 13.6. The number of methoxy groups -OCH3 is 1. The van der Waals surface area contributed by atoms with Crippen LogP contribution in [0.15, 0.2) is 65.2 Å². The second-order valence-corrected chi connectivity index (χ2v) is 6.04. The fraction of sp³-hybridized carbons (Fsp3) is 0.190. The van der Waals surface area contributed by atoms with Crippen molar-refractivity contribution in [2.24, 2.45) is 0 Å². The zero-order chi connectivity index (χ0) is 19.9. The first-order valence-corrected chi connectivity index (χ1v) is 8.86. The van der Waals surface area contributed by atoms with Gasteiger partial charge in [0.1, 0.15) is 12.3 Å². The highest BCUT2D eigenvalue weighted by Gasteiger charge is 2.21. The molecule has 7 nitrogen and oxygen atoms in total. The lowest BCUT2D eigenvalue weighted by Gasteiger charge is -2.19. The highest BCUT2D eigenvalue weighted by atomic mass is 16.5. The highest BCUT2D eigenvalue weighted by molar-refractivity contribution is 5.98. The van der Waals surface area contributed by atoms with E-state index in [1.54, 1.807) is 44.4 Å². The Morgan fingerprint density at radius 2 is 1.82 bits per heavy atom. The molecule has 0 saturated carbocycles. The Morgan fingerprint density at radius 3 is 2.46 bits per heavy atom. The van der Waals surface area contributed by atoms with E-state index >= 15 is 0 Å². The first-order valence-electron chi connectivity index (χ1n) is 8.86. The molecule has 0 radical (unpaired) electrons. The van der Waals surface area contributed by atoms with Gasteiger partial charge in [-0.25, -0.2) is 0 Å². The van der Waals surface area contributed by atoms with Crippen LogP contribution in [-0.2, 0) is 4.79 Å². The Hall–Kier alpha value is -3.61. The van der Waals surface area contributed by atoms with Gasteiger partial charge in [0.25, 0.3) is 5.91 Å². The van der Waals surface area contributed by atoms with Crippen LogP contribution in [0, 0.1) is 0 Å². The van der Waals surface area contributed by atoms with E-state index in [2.05, 4.69) is 10.5 Å². The predicted molar refractivity (Wildman–Crippen MR) is 105 cm³/mol. The number of anilines is 1. The molecule has 0 bridgehead atoms. The average molecular weight is 379 g/mol. The summed E-state index contributed by atoms with van der Waals surface area (Å²) in [4.78, 5) is 26.4. The molecule has 0 aliphatic heterocycles. The smallest absolute Gasteiger partial charge is 0.276 e. The number of benzene rings is 2. The molecule has 28 heavy (non-hydrogen) atoms. The van der Waals surface area contributed by atoms with E-state index in [1.165, 1.54) is 4.90 Å². The molecule has 144 valence electrons. The van der Waals surface area contributed by atoms with Crippen LogP contribution in [0.25, 0.3) is 11.3 Å². The number of hydrogen-bond acceptors (Lipinski definition) is 5. The third-order valence-electron chi connectivity index (χ3n) is 4.16. The summed E-state index contributed by atoms with van der Waals surface area (Å²) in [7, 11) is 1.57. The summed E-state index contributed by atoms with van der Waals surface area (Å²) in [6.45, 7) is 2.08.